The fourth-order valence-corrected chi connectivity index (χ4v) is 4.04. The predicted molar refractivity (Wildman–Crippen MR) is 101 cm³/mol. The summed E-state index contributed by atoms with van der Waals surface area (Å²) in [5, 5.41) is 15.8. The average Bonchev–Trinajstić information content (AvgIpc) is 2.99. The fourth-order valence-electron chi connectivity index (χ4n) is 2.66. The van der Waals surface area contributed by atoms with E-state index in [9.17, 15) is 18.8 Å². The van der Waals surface area contributed by atoms with E-state index in [1.54, 1.807) is 12.3 Å². The molecule has 2 aromatic heterocycles. The Balaban J connectivity index is 1.58. The van der Waals surface area contributed by atoms with E-state index in [1.165, 1.54) is 39.8 Å². The third-order valence-electron chi connectivity index (χ3n) is 4.32. The summed E-state index contributed by atoms with van der Waals surface area (Å²) < 4.78 is 27.8. The van der Waals surface area contributed by atoms with Crippen LogP contribution in [0.15, 0.2) is 30.7 Å². The molecule has 2 heterocycles. The van der Waals surface area contributed by atoms with E-state index in [1.807, 2.05) is 6.92 Å². The number of halogens is 3. The van der Waals surface area contributed by atoms with E-state index in [-0.39, 0.29) is 23.8 Å². The number of thioether (sulfide) groups is 1. The third kappa shape index (κ3) is 4.70. The van der Waals surface area contributed by atoms with Crippen LogP contribution in [0.5, 0.6) is 0 Å². The Morgan fingerprint density at radius 2 is 2.30 bits per heavy atom. The summed E-state index contributed by atoms with van der Waals surface area (Å²) in [6.45, 7) is 2.27. The molecule has 0 spiro atoms. The van der Waals surface area contributed by atoms with Gasteiger partial charge in [0.2, 0.25) is 12.1 Å². The van der Waals surface area contributed by atoms with Crippen LogP contribution in [0.1, 0.15) is 19.8 Å². The van der Waals surface area contributed by atoms with Crippen LogP contribution in [0.4, 0.5) is 14.6 Å². The summed E-state index contributed by atoms with van der Waals surface area (Å²) in [6, 6.07) is 3.22. The quantitative estimate of drug-likeness (QED) is 0.376. The van der Waals surface area contributed by atoms with Gasteiger partial charge in [0, 0.05) is 55.1 Å². The molecule has 6 nitrogen and oxygen atoms in total. The van der Waals surface area contributed by atoms with Crippen molar-refractivity contribution in [3.8, 4) is 5.69 Å². The van der Waals surface area contributed by atoms with E-state index in [2.05, 4.69) is 5.10 Å². The van der Waals surface area contributed by atoms with Gasteiger partial charge in [-0.1, -0.05) is 11.6 Å². The zero-order chi connectivity index (χ0) is 19.6. The minimum Gasteiger partial charge on any atom is -0.619 e. The van der Waals surface area contributed by atoms with Crippen molar-refractivity contribution in [1.29, 1.82) is 0 Å². The zero-order valence-electron chi connectivity index (χ0n) is 14.6. The first kappa shape index (κ1) is 19.9. The van der Waals surface area contributed by atoms with Gasteiger partial charge in [-0.15, -0.1) is 5.10 Å². The molecule has 146 valence electrons. The summed E-state index contributed by atoms with van der Waals surface area (Å²) in [4.78, 5) is 14.0. The molecule has 1 fully saturated rings. The molecule has 10 heteroatoms. The van der Waals surface area contributed by atoms with Gasteiger partial charge in [0.1, 0.15) is 5.02 Å². The molecular weight excluding hydrogens is 398 g/mol. The van der Waals surface area contributed by atoms with Crippen molar-refractivity contribution in [3.05, 3.63) is 41.0 Å². The van der Waals surface area contributed by atoms with E-state index < -0.39 is 11.8 Å². The van der Waals surface area contributed by atoms with Crippen molar-refractivity contribution in [2.45, 2.75) is 25.7 Å². The second kappa shape index (κ2) is 8.02. The van der Waals surface area contributed by atoms with Crippen LogP contribution in [0.25, 0.3) is 5.69 Å². The summed E-state index contributed by atoms with van der Waals surface area (Å²) in [5.74, 6) is -1.82. The highest BCUT2D eigenvalue weighted by Crippen LogP contribution is 2.50. The standard InChI is InChI=1S/C17H19ClF2N4O2S/c1-2-23(16(25)5-8-27-11-12-9-17(12,19)20)15-4-7-24(21-15)14-3-6-22(26)10-13(14)18/h3-4,6-7,10,12H,2,5,8-9,11H2,1H3. The summed E-state index contributed by atoms with van der Waals surface area (Å²) in [7, 11) is 0. The van der Waals surface area contributed by atoms with Crippen LogP contribution in [0.2, 0.25) is 5.02 Å². The number of rotatable bonds is 8. The Morgan fingerprint density at radius 3 is 2.93 bits per heavy atom. The Bertz CT molecular complexity index is 833. The van der Waals surface area contributed by atoms with E-state index >= 15 is 0 Å². The molecule has 0 bridgehead atoms. The number of alkyl halides is 2. The van der Waals surface area contributed by atoms with Crippen molar-refractivity contribution >= 4 is 35.1 Å². The Kier molecular flexibility index (Phi) is 5.90. The van der Waals surface area contributed by atoms with E-state index in [0.29, 0.717) is 34.3 Å². The van der Waals surface area contributed by atoms with Gasteiger partial charge in [-0.2, -0.15) is 16.5 Å². The lowest BCUT2D eigenvalue weighted by molar-refractivity contribution is -0.605. The lowest BCUT2D eigenvalue weighted by Gasteiger charge is -2.18. The van der Waals surface area contributed by atoms with E-state index in [4.69, 9.17) is 11.6 Å². The molecule has 0 aliphatic heterocycles. The molecule has 3 rings (SSSR count). The molecule has 2 aromatic rings. The number of hydrogen-bond donors (Lipinski definition) is 0. The lowest BCUT2D eigenvalue weighted by atomic mass is 10.4. The molecule has 1 saturated carbocycles. The van der Waals surface area contributed by atoms with Gasteiger partial charge in [-0.3, -0.25) is 9.69 Å². The molecule has 1 aliphatic rings. The molecule has 1 amide bonds. The van der Waals surface area contributed by atoms with Crippen molar-refractivity contribution in [2.24, 2.45) is 5.92 Å². The van der Waals surface area contributed by atoms with Gasteiger partial charge in [0.15, 0.2) is 12.0 Å². The fraction of sp³-hybridized carbons (Fsp3) is 0.471. The van der Waals surface area contributed by atoms with Gasteiger partial charge in [0.05, 0.1) is 5.69 Å². The van der Waals surface area contributed by atoms with Gasteiger partial charge < -0.3 is 5.21 Å². The van der Waals surface area contributed by atoms with Crippen LogP contribution in [-0.4, -0.2) is 39.7 Å². The zero-order valence-corrected chi connectivity index (χ0v) is 16.2. The monoisotopic (exact) mass is 416 g/mol. The second-order valence-electron chi connectivity index (χ2n) is 6.28. The first-order valence-electron chi connectivity index (χ1n) is 8.52. The molecule has 1 atom stereocenters. The highest BCUT2D eigenvalue weighted by atomic mass is 35.5. The number of carbonyl (C=O) groups excluding carboxylic acids is 1. The maximum atomic E-state index is 12.9. The van der Waals surface area contributed by atoms with Crippen LogP contribution >= 0.6 is 23.4 Å². The molecule has 1 unspecified atom stereocenters. The lowest BCUT2D eigenvalue weighted by Crippen LogP contribution is -2.31. The Labute approximate surface area is 164 Å². The Hall–Kier alpha value is -1.87. The molecule has 0 N–H and O–H groups in total. The van der Waals surface area contributed by atoms with Crippen LogP contribution in [-0.2, 0) is 4.79 Å². The largest absolute Gasteiger partial charge is 0.619 e. The highest BCUT2D eigenvalue weighted by Gasteiger charge is 2.56. The average molecular weight is 417 g/mol. The number of amides is 1. The van der Waals surface area contributed by atoms with Crippen molar-refractivity contribution in [1.82, 2.24) is 9.78 Å². The highest BCUT2D eigenvalue weighted by molar-refractivity contribution is 7.99. The van der Waals surface area contributed by atoms with Crippen molar-refractivity contribution < 1.29 is 18.3 Å². The molecule has 0 aromatic carbocycles. The first-order valence-corrected chi connectivity index (χ1v) is 10.1. The van der Waals surface area contributed by atoms with Gasteiger partial charge in [-0.25, -0.2) is 13.5 Å². The molecular formula is C17H19ClF2N4O2S. The topological polar surface area (TPSA) is 65.1 Å². The summed E-state index contributed by atoms with van der Waals surface area (Å²) in [5.41, 5.74) is 0.527. The predicted octanol–water partition coefficient (Wildman–Crippen LogP) is 3.29. The SMILES string of the molecule is CCN(C(=O)CCSCC1CC1(F)F)c1ccn(-c2cc[n+]([O-])cc2Cl)n1. The summed E-state index contributed by atoms with van der Waals surface area (Å²) in [6.07, 6.45) is 4.41. The second-order valence-corrected chi connectivity index (χ2v) is 7.84. The summed E-state index contributed by atoms with van der Waals surface area (Å²) >= 11 is 7.45. The number of nitrogens with zero attached hydrogens (tertiary/aromatic N) is 4. The van der Waals surface area contributed by atoms with Crippen LogP contribution in [0.3, 0.4) is 0 Å². The normalized spacial score (nSPS) is 17.7. The molecule has 0 radical (unpaired) electrons. The van der Waals surface area contributed by atoms with E-state index in [0.717, 1.165) is 0 Å². The molecule has 0 saturated heterocycles. The maximum absolute atomic E-state index is 12.9. The van der Waals surface area contributed by atoms with Gasteiger partial charge in [0.25, 0.3) is 5.92 Å². The smallest absolute Gasteiger partial charge is 0.252 e. The van der Waals surface area contributed by atoms with Gasteiger partial charge >= 0.3 is 0 Å². The van der Waals surface area contributed by atoms with Crippen molar-refractivity contribution in [3.63, 3.8) is 0 Å². The van der Waals surface area contributed by atoms with Gasteiger partial charge in [-0.05, 0) is 6.92 Å². The molecule has 1 aliphatic carbocycles. The third-order valence-corrected chi connectivity index (χ3v) is 5.74. The minimum absolute atomic E-state index is 0.0408. The maximum Gasteiger partial charge on any atom is 0.252 e. The number of hydrogen-bond acceptors (Lipinski definition) is 4. The van der Waals surface area contributed by atoms with Crippen LogP contribution in [0, 0.1) is 11.1 Å². The number of pyridine rings is 1. The first-order chi connectivity index (χ1) is 12.8. The minimum atomic E-state index is -2.51. The number of carbonyl (C=O) groups is 1. The number of anilines is 1. The molecule has 27 heavy (non-hydrogen) atoms. The Morgan fingerprint density at radius 1 is 1.56 bits per heavy atom. The van der Waals surface area contributed by atoms with Crippen LogP contribution < -0.4 is 9.63 Å². The van der Waals surface area contributed by atoms with Crippen molar-refractivity contribution in [2.75, 3.05) is 23.0 Å². The number of aromatic nitrogens is 3.